The van der Waals surface area contributed by atoms with E-state index in [1.165, 1.54) is 13.8 Å². The lowest BCUT2D eigenvalue weighted by atomic mass is 10.5. The molecule has 2 N–H and O–H groups in total. The first kappa shape index (κ1) is 26.1. The highest BCUT2D eigenvalue weighted by Gasteiger charge is 2.64. The van der Waals surface area contributed by atoms with Gasteiger partial charge in [-0.2, -0.15) is 0 Å². The summed E-state index contributed by atoms with van der Waals surface area (Å²) in [5.41, 5.74) is 5.06. The zero-order chi connectivity index (χ0) is 20.8. The molecule has 0 aromatic heterocycles. The van der Waals surface area contributed by atoms with Gasteiger partial charge in [0, 0.05) is 0 Å². The summed E-state index contributed by atoms with van der Waals surface area (Å²) in [6.07, 6.45) is -2.65. The molecular weight excluding hydrogens is 431 g/mol. The summed E-state index contributed by atoms with van der Waals surface area (Å²) >= 11 is 12.5. The molecule has 1 unspecified atom stereocenters. The van der Waals surface area contributed by atoms with Gasteiger partial charge >= 0.3 is 21.3 Å². The lowest BCUT2D eigenvalue weighted by Crippen LogP contribution is -2.40. The SMILES string of the molecule is CCOP(=O)(OCC)C(Cl)(Cl)C(OC(N)=O)P(=O)(OC(C)C)OC(C)C. The lowest BCUT2D eigenvalue weighted by Gasteiger charge is -2.37. The number of primary amides is 1. The number of nitrogens with two attached hydrogens (primary N) is 1. The number of carbonyl (C=O) groups excluding carboxylic acids is 1. The summed E-state index contributed by atoms with van der Waals surface area (Å²) in [6, 6.07) is 0. The average molecular weight is 458 g/mol. The molecule has 0 bridgehead atoms. The summed E-state index contributed by atoms with van der Waals surface area (Å²) in [6.45, 7) is 9.10. The van der Waals surface area contributed by atoms with Crippen molar-refractivity contribution in [3.05, 3.63) is 0 Å². The van der Waals surface area contributed by atoms with Crippen molar-refractivity contribution < 1.29 is 36.8 Å². The molecule has 0 aliphatic rings. The standard InChI is InChI=1S/C13H27Cl2NO8P2/c1-7-20-26(19,21-8-2)13(14,15)11(22-12(16)17)25(18,23-9(3)4)24-10(5)6/h9-11H,7-8H2,1-6H3,(H2,16,17). The molecule has 0 heterocycles. The van der Waals surface area contributed by atoms with E-state index in [1.54, 1.807) is 27.7 Å². The average Bonchev–Trinajstić information content (AvgIpc) is 2.42. The Labute approximate surface area is 164 Å². The minimum Gasteiger partial charge on any atom is -0.429 e. The van der Waals surface area contributed by atoms with Crippen molar-refractivity contribution in [2.45, 2.75) is 63.7 Å². The number of alkyl halides is 2. The van der Waals surface area contributed by atoms with Crippen LogP contribution in [0.2, 0.25) is 0 Å². The monoisotopic (exact) mass is 457 g/mol. The van der Waals surface area contributed by atoms with Crippen LogP contribution in [-0.4, -0.2) is 41.4 Å². The Bertz CT molecular complexity index is 534. The molecule has 0 aliphatic carbocycles. The van der Waals surface area contributed by atoms with E-state index in [9.17, 15) is 13.9 Å². The second-order valence-corrected chi connectivity index (χ2v) is 11.7. The molecule has 1 atom stereocenters. The number of hydrogen-bond donors (Lipinski definition) is 1. The fraction of sp³-hybridized carbons (Fsp3) is 0.923. The van der Waals surface area contributed by atoms with E-state index in [4.69, 9.17) is 51.8 Å². The van der Waals surface area contributed by atoms with Crippen LogP contribution in [-0.2, 0) is 32.0 Å². The zero-order valence-electron chi connectivity index (χ0n) is 15.6. The molecule has 1 amide bonds. The Morgan fingerprint density at radius 1 is 1.00 bits per heavy atom. The predicted octanol–water partition coefficient (Wildman–Crippen LogP) is 4.85. The predicted molar refractivity (Wildman–Crippen MR) is 99.8 cm³/mol. The van der Waals surface area contributed by atoms with Crippen molar-refractivity contribution in [3.8, 4) is 0 Å². The van der Waals surface area contributed by atoms with Crippen LogP contribution in [0.3, 0.4) is 0 Å². The normalized spacial score (nSPS) is 14.7. The maximum Gasteiger partial charge on any atom is 0.405 e. The summed E-state index contributed by atoms with van der Waals surface area (Å²) in [4.78, 5) is 11.4. The second kappa shape index (κ2) is 10.6. The van der Waals surface area contributed by atoms with Crippen LogP contribution in [0.5, 0.6) is 0 Å². The van der Waals surface area contributed by atoms with Gasteiger partial charge in [0.1, 0.15) is 0 Å². The van der Waals surface area contributed by atoms with Gasteiger partial charge < -0.3 is 28.6 Å². The third kappa shape index (κ3) is 6.95. The fourth-order valence-corrected chi connectivity index (χ4v) is 7.57. The molecule has 0 fully saturated rings. The third-order valence-electron chi connectivity index (χ3n) is 2.49. The van der Waals surface area contributed by atoms with Gasteiger partial charge in [-0.3, -0.25) is 9.13 Å². The first-order chi connectivity index (χ1) is 11.8. The van der Waals surface area contributed by atoms with Crippen LogP contribution < -0.4 is 5.73 Å². The van der Waals surface area contributed by atoms with Crippen molar-refractivity contribution in [2.75, 3.05) is 13.2 Å². The van der Waals surface area contributed by atoms with E-state index in [2.05, 4.69) is 0 Å². The Kier molecular flexibility index (Phi) is 10.7. The van der Waals surface area contributed by atoms with Crippen LogP contribution in [0.25, 0.3) is 0 Å². The first-order valence-corrected chi connectivity index (χ1v) is 11.9. The molecule has 0 saturated heterocycles. The highest BCUT2D eigenvalue weighted by atomic mass is 35.5. The zero-order valence-corrected chi connectivity index (χ0v) is 18.9. The number of rotatable bonds is 12. The molecule has 0 spiro atoms. The summed E-state index contributed by atoms with van der Waals surface area (Å²) in [7, 11) is -8.73. The minimum atomic E-state index is -4.38. The van der Waals surface area contributed by atoms with E-state index in [0.29, 0.717) is 0 Å². The number of halogens is 2. The molecular formula is C13H27Cl2NO8P2. The fourth-order valence-electron chi connectivity index (χ4n) is 1.84. The Morgan fingerprint density at radius 2 is 1.38 bits per heavy atom. The molecule has 0 aromatic rings. The third-order valence-corrected chi connectivity index (χ3v) is 9.30. The molecule has 0 rings (SSSR count). The van der Waals surface area contributed by atoms with Gasteiger partial charge in [0.25, 0.3) is 4.07 Å². The van der Waals surface area contributed by atoms with Crippen molar-refractivity contribution in [2.24, 2.45) is 5.73 Å². The summed E-state index contributed by atoms with van der Waals surface area (Å²) in [5, 5.41) is 0. The number of amides is 1. The van der Waals surface area contributed by atoms with Crippen molar-refractivity contribution in [1.29, 1.82) is 0 Å². The quantitative estimate of drug-likeness (QED) is 0.325. The maximum atomic E-state index is 13.4. The Balaban J connectivity index is 6.36. The Hall–Kier alpha value is 0.150. The van der Waals surface area contributed by atoms with Crippen LogP contribution in [0.4, 0.5) is 4.79 Å². The van der Waals surface area contributed by atoms with Crippen molar-refractivity contribution >= 4 is 44.5 Å². The smallest absolute Gasteiger partial charge is 0.405 e. The molecule has 156 valence electrons. The van der Waals surface area contributed by atoms with Crippen molar-refractivity contribution in [3.63, 3.8) is 0 Å². The van der Waals surface area contributed by atoms with Gasteiger partial charge in [-0.1, -0.05) is 23.2 Å². The largest absolute Gasteiger partial charge is 0.429 e. The minimum absolute atomic E-state index is 0.0951. The van der Waals surface area contributed by atoms with Gasteiger partial charge in [0.15, 0.2) is 0 Å². The summed E-state index contributed by atoms with van der Waals surface area (Å²) < 4.78 is 49.6. The highest BCUT2D eigenvalue weighted by Crippen LogP contribution is 2.73. The van der Waals surface area contributed by atoms with Crippen LogP contribution in [0.15, 0.2) is 0 Å². The van der Waals surface area contributed by atoms with E-state index in [1.807, 2.05) is 0 Å². The van der Waals surface area contributed by atoms with Gasteiger partial charge in [-0.15, -0.1) is 0 Å². The molecule has 13 heteroatoms. The molecule has 0 aliphatic heterocycles. The van der Waals surface area contributed by atoms with E-state index in [0.717, 1.165) is 0 Å². The first-order valence-electron chi connectivity index (χ1n) is 7.95. The van der Waals surface area contributed by atoms with Crippen LogP contribution in [0.1, 0.15) is 41.5 Å². The van der Waals surface area contributed by atoms with Gasteiger partial charge in [-0.25, -0.2) is 4.79 Å². The molecule has 0 radical (unpaired) electrons. The van der Waals surface area contributed by atoms with Gasteiger partial charge in [0.05, 0.1) is 25.4 Å². The van der Waals surface area contributed by atoms with Gasteiger partial charge in [-0.05, 0) is 41.5 Å². The van der Waals surface area contributed by atoms with Crippen molar-refractivity contribution in [1.82, 2.24) is 0 Å². The van der Waals surface area contributed by atoms with Gasteiger partial charge in [0.2, 0.25) is 5.85 Å². The van der Waals surface area contributed by atoms with Crippen LogP contribution >= 0.6 is 38.4 Å². The van der Waals surface area contributed by atoms with E-state index in [-0.39, 0.29) is 13.2 Å². The number of hydrogen-bond acceptors (Lipinski definition) is 8. The Morgan fingerprint density at radius 3 is 1.65 bits per heavy atom. The van der Waals surface area contributed by atoms with E-state index < -0.39 is 43.4 Å². The highest BCUT2D eigenvalue weighted by molar-refractivity contribution is 7.63. The topological polar surface area (TPSA) is 123 Å². The number of carbonyl (C=O) groups is 1. The van der Waals surface area contributed by atoms with Crippen LogP contribution in [0, 0.1) is 0 Å². The summed E-state index contributed by atoms with van der Waals surface area (Å²) in [5.74, 6) is -2.07. The van der Waals surface area contributed by atoms with E-state index >= 15 is 0 Å². The number of ether oxygens (including phenoxy) is 1. The molecule has 26 heavy (non-hydrogen) atoms. The molecule has 9 nitrogen and oxygen atoms in total. The molecule has 0 saturated carbocycles. The second-order valence-electron chi connectivity index (χ2n) is 5.56. The molecule has 0 aromatic carbocycles. The lowest BCUT2D eigenvalue weighted by molar-refractivity contribution is 0.0795. The maximum absolute atomic E-state index is 13.4.